The van der Waals surface area contributed by atoms with Crippen molar-refractivity contribution >= 4 is 5.82 Å². The maximum Gasteiger partial charge on any atom is 0.151 e. The van der Waals surface area contributed by atoms with Crippen LogP contribution in [0.2, 0.25) is 0 Å². The zero-order valence-electron chi connectivity index (χ0n) is 8.85. The lowest BCUT2D eigenvalue weighted by atomic mass is 10.2. The first-order valence-electron chi connectivity index (χ1n) is 4.96. The second kappa shape index (κ2) is 5.54. The number of aromatic nitrogens is 2. The summed E-state index contributed by atoms with van der Waals surface area (Å²) in [6, 6.07) is 3.86. The molecule has 1 heterocycles. The minimum absolute atomic E-state index is 0.601. The molecule has 0 aliphatic carbocycles. The molecule has 0 saturated carbocycles. The van der Waals surface area contributed by atoms with Crippen molar-refractivity contribution in [3.8, 4) is 0 Å². The minimum Gasteiger partial charge on any atom is -0.354 e. The lowest BCUT2D eigenvalue weighted by molar-refractivity contribution is 0.605. The highest BCUT2D eigenvalue weighted by molar-refractivity contribution is 5.36. The lowest BCUT2D eigenvalue weighted by Crippen LogP contribution is -2.33. The van der Waals surface area contributed by atoms with Gasteiger partial charge in [0.15, 0.2) is 5.82 Å². The summed E-state index contributed by atoms with van der Waals surface area (Å²) in [6.45, 7) is 6.80. The van der Waals surface area contributed by atoms with Crippen molar-refractivity contribution in [1.82, 2.24) is 10.2 Å². The summed E-state index contributed by atoms with van der Waals surface area (Å²) >= 11 is 0. The zero-order chi connectivity index (χ0) is 10.4. The summed E-state index contributed by atoms with van der Waals surface area (Å²) in [4.78, 5) is 2.16. The third-order valence-corrected chi connectivity index (χ3v) is 1.87. The maximum atomic E-state index is 5.55. The molecule has 0 radical (unpaired) electrons. The fourth-order valence-electron chi connectivity index (χ4n) is 1.36. The second-order valence-corrected chi connectivity index (χ2v) is 3.71. The molecule has 4 heteroatoms. The molecule has 0 atom stereocenters. The number of nitrogens with zero attached hydrogens (tertiary/aromatic N) is 3. The Labute approximate surface area is 85.1 Å². The highest BCUT2D eigenvalue weighted by Crippen LogP contribution is 2.09. The van der Waals surface area contributed by atoms with Crippen LogP contribution in [-0.4, -0.2) is 29.8 Å². The fraction of sp³-hybridized carbons (Fsp3) is 0.600. The van der Waals surface area contributed by atoms with E-state index in [0.717, 1.165) is 18.9 Å². The Kier molecular flexibility index (Phi) is 4.32. The Bertz CT molecular complexity index is 248. The minimum atomic E-state index is 0.601. The van der Waals surface area contributed by atoms with Crippen molar-refractivity contribution in [1.29, 1.82) is 0 Å². The highest BCUT2D eigenvalue weighted by Gasteiger charge is 2.08. The second-order valence-electron chi connectivity index (χ2n) is 3.71. The molecule has 0 saturated heterocycles. The van der Waals surface area contributed by atoms with Gasteiger partial charge in [0.05, 0.1) is 0 Å². The van der Waals surface area contributed by atoms with Gasteiger partial charge in [-0.05, 0) is 18.1 Å². The predicted octanol–water partition coefficient (Wildman–Crippen LogP) is 0.898. The third-order valence-electron chi connectivity index (χ3n) is 1.87. The molecule has 0 unspecified atom stereocenters. The van der Waals surface area contributed by atoms with Gasteiger partial charge in [0.1, 0.15) is 0 Å². The van der Waals surface area contributed by atoms with Crippen LogP contribution in [0.15, 0.2) is 18.3 Å². The summed E-state index contributed by atoms with van der Waals surface area (Å²) in [5.74, 6) is 1.51. The standard InChI is InChI=1S/C10H18N4/c1-9(2)8-14(7-5-11)10-4-3-6-12-13-10/h3-4,6,9H,5,7-8,11H2,1-2H3. The molecule has 0 spiro atoms. The van der Waals surface area contributed by atoms with Gasteiger partial charge in [0.2, 0.25) is 0 Å². The first-order chi connectivity index (χ1) is 6.74. The van der Waals surface area contributed by atoms with Crippen LogP contribution in [0.4, 0.5) is 5.82 Å². The van der Waals surface area contributed by atoms with E-state index in [-0.39, 0.29) is 0 Å². The molecular formula is C10H18N4. The molecule has 4 nitrogen and oxygen atoms in total. The molecule has 0 aliphatic heterocycles. The van der Waals surface area contributed by atoms with Crippen LogP contribution < -0.4 is 10.6 Å². The van der Waals surface area contributed by atoms with Crippen molar-refractivity contribution in [2.75, 3.05) is 24.5 Å². The van der Waals surface area contributed by atoms with Gasteiger partial charge < -0.3 is 10.6 Å². The van der Waals surface area contributed by atoms with Gasteiger partial charge in [-0.25, -0.2) is 0 Å². The monoisotopic (exact) mass is 194 g/mol. The number of nitrogens with two attached hydrogens (primary N) is 1. The first kappa shape index (κ1) is 10.9. The lowest BCUT2D eigenvalue weighted by Gasteiger charge is -2.24. The molecule has 1 aromatic heterocycles. The number of hydrogen-bond acceptors (Lipinski definition) is 4. The molecular weight excluding hydrogens is 176 g/mol. The molecule has 0 aromatic carbocycles. The molecule has 0 bridgehead atoms. The summed E-state index contributed by atoms with van der Waals surface area (Å²) in [7, 11) is 0. The molecule has 0 aliphatic rings. The normalized spacial score (nSPS) is 10.6. The zero-order valence-corrected chi connectivity index (χ0v) is 8.85. The third kappa shape index (κ3) is 3.30. The number of anilines is 1. The quantitative estimate of drug-likeness (QED) is 0.756. The van der Waals surface area contributed by atoms with Gasteiger partial charge in [0.25, 0.3) is 0 Å². The molecule has 1 aromatic rings. The predicted molar refractivity (Wildman–Crippen MR) is 58.1 cm³/mol. The maximum absolute atomic E-state index is 5.55. The molecule has 0 fully saturated rings. The van der Waals surface area contributed by atoms with Crippen LogP contribution in [-0.2, 0) is 0 Å². The van der Waals surface area contributed by atoms with Gasteiger partial charge >= 0.3 is 0 Å². The van der Waals surface area contributed by atoms with E-state index < -0.39 is 0 Å². The van der Waals surface area contributed by atoms with Gasteiger partial charge in [-0.2, -0.15) is 5.10 Å². The van der Waals surface area contributed by atoms with E-state index >= 15 is 0 Å². The van der Waals surface area contributed by atoms with Gasteiger partial charge in [0, 0.05) is 25.8 Å². The van der Waals surface area contributed by atoms with E-state index in [4.69, 9.17) is 5.73 Å². The smallest absolute Gasteiger partial charge is 0.151 e. The topological polar surface area (TPSA) is 55.0 Å². The summed E-state index contributed by atoms with van der Waals surface area (Å²) in [5.41, 5.74) is 5.55. The summed E-state index contributed by atoms with van der Waals surface area (Å²) in [6.07, 6.45) is 1.68. The van der Waals surface area contributed by atoms with Crippen LogP contribution in [0.5, 0.6) is 0 Å². The van der Waals surface area contributed by atoms with Gasteiger partial charge in [-0.15, -0.1) is 5.10 Å². The van der Waals surface area contributed by atoms with E-state index in [0.29, 0.717) is 12.5 Å². The molecule has 2 N–H and O–H groups in total. The highest BCUT2D eigenvalue weighted by atomic mass is 15.3. The van der Waals surface area contributed by atoms with E-state index in [9.17, 15) is 0 Å². The van der Waals surface area contributed by atoms with Crippen LogP contribution in [0, 0.1) is 5.92 Å². The van der Waals surface area contributed by atoms with Crippen molar-refractivity contribution in [3.63, 3.8) is 0 Å². The summed E-state index contributed by atoms with van der Waals surface area (Å²) in [5, 5.41) is 7.93. The van der Waals surface area contributed by atoms with Crippen LogP contribution in [0.3, 0.4) is 0 Å². The molecule has 14 heavy (non-hydrogen) atoms. The van der Waals surface area contributed by atoms with Crippen LogP contribution >= 0.6 is 0 Å². The summed E-state index contributed by atoms with van der Waals surface area (Å²) < 4.78 is 0. The van der Waals surface area contributed by atoms with Crippen molar-refractivity contribution < 1.29 is 0 Å². The van der Waals surface area contributed by atoms with Crippen molar-refractivity contribution in [2.24, 2.45) is 11.7 Å². The number of rotatable bonds is 5. The average Bonchev–Trinajstić information content (AvgIpc) is 2.18. The Balaban J connectivity index is 2.67. The van der Waals surface area contributed by atoms with Crippen molar-refractivity contribution in [2.45, 2.75) is 13.8 Å². The SMILES string of the molecule is CC(C)CN(CCN)c1cccnn1. The Hall–Kier alpha value is -1.16. The number of hydrogen-bond donors (Lipinski definition) is 1. The molecule has 1 rings (SSSR count). The fourth-order valence-corrected chi connectivity index (χ4v) is 1.36. The van der Waals surface area contributed by atoms with Gasteiger partial charge in [-0.3, -0.25) is 0 Å². The largest absolute Gasteiger partial charge is 0.354 e. The van der Waals surface area contributed by atoms with Crippen LogP contribution in [0.1, 0.15) is 13.8 Å². The van der Waals surface area contributed by atoms with Gasteiger partial charge in [-0.1, -0.05) is 13.8 Å². The Morgan fingerprint density at radius 1 is 1.50 bits per heavy atom. The van der Waals surface area contributed by atoms with E-state index in [1.165, 1.54) is 0 Å². The van der Waals surface area contributed by atoms with E-state index in [1.54, 1.807) is 6.20 Å². The molecule has 0 amide bonds. The van der Waals surface area contributed by atoms with E-state index in [1.807, 2.05) is 12.1 Å². The van der Waals surface area contributed by atoms with E-state index in [2.05, 4.69) is 28.9 Å². The molecule has 78 valence electrons. The Morgan fingerprint density at radius 2 is 2.29 bits per heavy atom. The first-order valence-corrected chi connectivity index (χ1v) is 4.96. The van der Waals surface area contributed by atoms with Crippen LogP contribution in [0.25, 0.3) is 0 Å². The van der Waals surface area contributed by atoms with Crippen molar-refractivity contribution in [3.05, 3.63) is 18.3 Å². The Morgan fingerprint density at radius 3 is 2.79 bits per heavy atom. The average molecular weight is 194 g/mol.